The van der Waals surface area contributed by atoms with Crippen molar-refractivity contribution in [2.75, 3.05) is 6.54 Å². The normalized spacial score (nSPS) is 12.6. The molecule has 1 unspecified atom stereocenters. The molecule has 1 amide bonds. The molecule has 0 aliphatic rings. The van der Waals surface area contributed by atoms with Crippen LogP contribution in [0.3, 0.4) is 0 Å². The highest BCUT2D eigenvalue weighted by Crippen LogP contribution is 2.33. The number of nitrogens with one attached hydrogen (secondary N) is 1. The summed E-state index contributed by atoms with van der Waals surface area (Å²) < 4.78 is 40.2. The summed E-state index contributed by atoms with van der Waals surface area (Å²) in [5.41, 5.74) is -0.777. The van der Waals surface area contributed by atoms with Crippen LogP contribution in [0.2, 0.25) is 5.02 Å². The first-order valence-corrected chi connectivity index (χ1v) is 8.44. The van der Waals surface area contributed by atoms with Crippen molar-refractivity contribution in [1.29, 1.82) is 0 Å². The SMILES string of the molecule is O=C(NCC(O)c1ccc(Cl)cc1)c1cn(-c2ccccc2C(F)(F)F)nn1. The van der Waals surface area contributed by atoms with Crippen LogP contribution in [0.25, 0.3) is 5.69 Å². The molecule has 0 aliphatic heterocycles. The molecule has 0 saturated heterocycles. The number of aliphatic hydroxyl groups excluding tert-OH is 1. The van der Waals surface area contributed by atoms with Crippen LogP contribution in [0.4, 0.5) is 13.2 Å². The molecule has 3 rings (SSSR count). The highest BCUT2D eigenvalue weighted by atomic mass is 35.5. The molecule has 0 spiro atoms. The fourth-order valence-electron chi connectivity index (χ4n) is 2.48. The van der Waals surface area contributed by atoms with Gasteiger partial charge < -0.3 is 10.4 Å². The van der Waals surface area contributed by atoms with E-state index < -0.39 is 23.8 Å². The Morgan fingerprint density at radius 1 is 1.18 bits per heavy atom. The molecule has 3 aromatic rings. The van der Waals surface area contributed by atoms with E-state index in [-0.39, 0.29) is 17.9 Å². The van der Waals surface area contributed by atoms with Crippen molar-refractivity contribution in [3.8, 4) is 5.69 Å². The smallest absolute Gasteiger partial charge is 0.387 e. The van der Waals surface area contributed by atoms with Crippen molar-refractivity contribution in [3.05, 3.63) is 76.6 Å². The van der Waals surface area contributed by atoms with Gasteiger partial charge in [-0.25, -0.2) is 4.68 Å². The second-order valence-electron chi connectivity index (χ2n) is 5.84. The number of carbonyl (C=O) groups is 1. The highest BCUT2D eigenvalue weighted by molar-refractivity contribution is 6.30. The van der Waals surface area contributed by atoms with E-state index in [4.69, 9.17) is 11.6 Å². The zero-order valence-corrected chi connectivity index (χ0v) is 14.9. The quantitative estimate of drug-likeness (QED) is 0.675. The summed E-state index contributed by atoms with van der Waals surface area (Å²) >= 11 is 5.78. The van der Waals surface area contributed by atoms with Crippen molar-refractivity contribution < 1.29 is 23.1 Å². The number of aliphatic hydroxyl groups is 1. The molecule has 1 aromatic heterocycles. The van der Waals surface area contributed by atoms with Crippen molar-refractivity contribution >= 4 is 17.5 Å². The summed E-state index contributed by atoms with van der Waals surface area (Å²) in [6, 6.07) is 11.3. The topological polar surface area (TPSA) is 80.0 Å². The van der Waals surface area contributed by atoms with Crippen LogP contribution in [0, 0.1) is 0 Å². The summed E-state index contributed by atoms with van der Waals surface area (Å²) in [4.78, 5) is 12.2. The molecular formula is C18H14ClF3N4O2. The largest absolute Gasteiger partial charge is 0.418 e. The van der Waals surface area contributed by atoms with Crippen LogP contribution < -0.4 is 5.32 Å². The van der Waals surface area contributed by atoms with Crippen LogP contribution >= 0.6 is 11.6 Å². The number of alkyl halides is 3. The molecule has 146 valence electrons. The van der Waals surface area contributed by atoms with E-state index in [1.54, 1.807) is 24.3 Å². The molecule has 1 atom stereocenters. The molecule has 0 saturated carbocycles. The van der Waals surface area contributed by atoms with Crippen molar-refractivity contribution in [2.24, 2.45) is 0 Å². The Morgan fingerprint density at radius 2 is 1.86 bits per heavy atom. The van der Waals surface area contributed by atoms with Gasteiger partial charge >= 0.3 is 6.18 Å². The predicted octanol–water partition coefficient (Wildman–Crippen LogP) is 3.40. The number of amides is 1. The van der Waals surface area contributed by atoms with Gasteiger partial charge in [0.1, 0.15) is 0 Å². The zero-order valence-electron chi connectivity index (χ0n) is 14.2. The third-order valence-electron chi connectivity index (χ3n) is 3.89. The maximum Gasteiger partial charge on any atom is 0.418 e. The average Bonchev–Trinajstić information content (AvgIpc) is 3.16. The number of aromatic nitrogens is 3. The average molecular weight is 411 g/mol. The molecule has 0 radical (unpaired) electrons. The Labute approximate surface area is 162 Å². The van der Waals surface area contributed by atoms with Gasteiger partial charge in [0, 0.05) is 11.6 Å². The molecule has 6 nitrogen and oxygen atoms in total. The fraction of sp³-hybridized carbons (Fsp3) is 0.167. The van der Waals surface area contributed by atoms with Crippen LogP contribution in [0.5, 0.6) is 0 Å². The first-order valence-electron chi connectivity index (χ1n) is 8.06. The number of hydrogen-bond donors (Lipinski definition) is 2. The fourth-order valence-corrected chi connectivity index (χ4v) is 2.61. The zero-order chi connectivity index (χ0) is 20.3. The van der Waals surface area contributed by atoms with E-state index >= 15 is 0 Å². The number of carbonyl (C=O) groups excluding carboxylic acids is 1. The van der Waals surface area contributed by atoms with Gasteiger partial charge in [0.15, 0.2) is 5.69 Å². The Morgan fingerprint density at radius 3 is 2.54 bits per heavy atom. The van der Waals surface area contributed by atoms with Gasteiger partial charge in [0.25, 0.3) is 5.91 Å². The Kier molecular flexibility index (Phi) is 5.66. The predicted molar refractivity (Wildman–Crippen MR) is 95.1 cm³/mol. The Balaban J connectivity index is 1.70. The number of halogens is 4. The standard InChI is InChI=1S/C18H14ClF3N4O2/c19-12-7-5-11(6-8-12)16(27)9-23-17(28)14-10-26(25-24-14)15-4-2-1-3-13(15)18(20,21)22/h1-8,10,16,27H,9H2,(H,23,28). The summed E-state index contributed by atoms with van der Waals surface area (Å²) in [5, 5.41) is 20.3. The van der Waals surface area contributed by atoms with Gasteiger partial charge in [0.05, 0.1) is 23.6 Å². The van der Waals surface area contributed by atoms with E-state index in [1.165, 1.54) is 18.2 Å². The Bertz CT molecular complexity index is 973. The molecular weight excluding hydrogens is 397 g/mol. The van der Waals surface area contributed by atoms with Gasteiger partial charge in [-0.1, -0.05) is 41.1 Å². The molecule has 0 bridgehead atoms. The van der Waals surface area contributed by atoms with E-state index in [0.717, 1.165) is 16.9 Å². The molecule has 2 N–H and O–H groups in total. The maximum absolute atomic E-state index is 13.1. The molecule has 0 fully saturated rings. The van der Waals surface area contributed by atoms with Crippen molar-refractivity contribution in [2.45, 2.75) is 12.3 Å². The molecule has 28 heavy (non-hydrogen) atoms. The number of para-hydroxylation sites is 1. The number of benzene rings is 2. The van der Waals surface area contributed by atoms with E-state index in [1.807, 2.05) is 0 Å². The van der Waals surface area contributed by atoms with Gasteiger partial charge in [0.2, 0.25) is 0 Å². The molecule has 2 aromatic carbocycles. The van der Waals surface area contributed by atoms with Crippen LogP contribution in [-0.2, 0) is 6.18 Å². The van der Waals surface area contributed by atoms with Crippen LogP contribution in [-0.4, -0.2) is 32.6 Å². The lowest BCUT2D eigenvalue weighted by Crippen LogP contribution is -2.28. The summed E-state index contributed by atoms with van der Waals surface area (Å²) in [6.45, 7) is -0.119. The van der Waals surface area contributed by atoms with Crippen molar-refractivity contribution in [3.63, 3.8) is 0 Å². The number of hydrogen-bond acceptors (Lipinski definition) is 4. The highest BCUT2D eigenvalue weighted by Gasteiger charge is 2.34. The van der Waals surface area contributed by atoms with Crippen molar-refractivity contribution in [1.82, 2.24) is 20.3 Å². The minimum absolute atomic E-state index is 0.119. The van der Waals surface area contributed by atoms with Crippen LogP contribution in [0.15, 0.2) is 54.7 Å². The molecule has 1 heterocycles. The lowest BCUT2D eigenvalue weighted by atomic mass is 10.1. The minimum Gasteiger partial charge on any atom is -0.387 e. The van der Waals surface area contributed by atoms with E-state index in [2.05, 4.69) is 15.6 Å². The molecule has 0 aliphatic carbocycles. The number of nitrogens with zero attached hydrogens (tertiary/aromatic N) is 3. The first kappa shape index (κ1) is 19.8. The lowest BCUT2D eigenvalue weighted by molar-refractivity contribution is -0.137. The monoisotopic (exact) mass is 410 g/mol. The number of rotatable bonds is 5. The Hall–Kier alpha value is -2.91. The van der Waals surface area contributed by atoms with Gasteiger partial charge in [-0.3, -0.25) is 4.79 Å². The summed E-state index contributed by atoms with van der Waals surface area (Å²) in [6.07, 6.45) is -4.47. The van der Waals surface area contributed by atoms with Crippen LogP contribution in [0.1, 0.15) is 27.7 Å². The first-order chi connectivity index (χ1) is 13.3. The van der Waals surface area contributed by atoms with Gasteiger partial charge in [-0.2, -0.15) is 13.2 Å². The second-order valence-corrected chi connectivity index (χ2v) is 6.28. The third kappa shape index (κ3) is 4.49. The lowest BCUT2D eigenvalue weighted by Gasteiger charge is -2.12. The molecule has 10 heteroatoms. The minimum atomic E-state index is -4.58. The maximum atomic E-state index is 13.1. The van der Waals surface area contributed by atoms with E-state index in [0.29, 0.717) is 10.6 Å². The second kappa shape index (κ2) is 7.99. The summed E-state index contributed by atoms with van der Waals surface area (Å²) in [5.74, 6) is -0.677. The van der Waals surface area contributed by atoms with E-state index in [9.17, 15) is 23.1 Å². The summed E-state index contributed by atoms with van der Waals surface area (Å²) in [7, 11) is 0. The van der Waals surface area contributed by atoms with Gasteiger partial charge in [-0.05, 0) is 29.8 Å². The third-order valence-corrected chi connectivity index (χ3v) is 4.15. The van der Waals surface area contributed by atoms with Gasteiger partial charge in [-0.15, -0.1) is 5.10 Å².